The molecular weight excluding hydrogens is 326 g/mol. The lowest BCUT2D eigenvalue weighted by Crippen LogP contribution is -2.40. The van der Waals surface area contributed by atoms with Crippen molar-refractivity contribution in [1.82, 2.24) is 15.1 Å². The molecule has 0 saturated carbocycles. The highest BCUT2D eigenvalue weighted by atomic mass is 32.1. The number of hydrogen-bond donors (Lipinski definition) is 1. The Balaban J connectivity index is 1.53. The van der Waals surface area contributed by atoms with Gasteiger partial charge in [-0.05, 0) is 44.6 Å². The van der Waals surface area contributed by atoms with Gasteiger partial charge in [-0.1, -0.05) is 6.07 Å². The first-order chi connectivity index (χ1) is 11.4. The number of thiophene rings is 1. The van der Waals surface area contributed by atoms with E-state index in [-0.39, 0.29) is 30.4 Å². The van der Waals surface area contributed by atoms with Crippen molar-refractivity contribution < 1.29 is 14.4 Å². The highest BCUT2D eigenvalue weighted by molar-refractivity contribution is 7.10. The van der Waals surface area contributed by atoms with Crippen molar-refractivity contribution in [3.8, 4) is 0 Å². The Labute approximate surface area is 145 Å². The predicted octanol–water partition coefficient (Wildman–Crippen LogP) is 2.52. The van der Waals surface area contributed by atoms with Crippen molar-refractivity contribution in [1.29, 1.82) is 0 Å². The first-order valence-corrected chi connectivity index (χ1v) is 9.25. The lowest BCUT2D eigenvalue weighted by atomic mass is 10.1. The second-order valence-corrected chi connectivity index (χ2v) is 7.86. The molecule has 0 aliphatic carbocycles. The molecule has 0 radical (unpaired) electrons. The van der Waals surface area contributed by atoms with Gasteiger partial charge >= 0.3 is 6.03 Å². The van der Waals surface area contributed by atoms with E-state index in [0.717, 1.165) is 19.4 Å². The second kappa shape index (κ2) is 6.55. The summed E-state index contributed by atoms with van der Waals surface area (Å²) in [5, 5.41) is 4.69. The minimum absolute atomic E-state index is 0.109. The highest BCUT2D eigenvalue weighted by Crippen LogP contribution is 2.34. The van der Waals surface area contributed by atoms with E-state index < -0.39 is 5.54 Å². The normalized spacial score (nSPS) is 23.0. The molecule has 1 aromatic rings. The van der Waals surface area contributed by atoms with E-state index in [1.165, 1.54) is 9.78 Å². The molecule has 0 bridgehead atoms. The molecule has 2 aliphatic rings. The average molecular weight is 349 g/mol. The second-order valence-electron chi connectivity index (χ2n) is 6.88. The summed E-state index contributed by atoms with van der Waals surface area (Å²) in [7, 11) is 0. The van der Waals surface area contributed by atoms with Crippen LogP contribution in [-0.2, 0) is 9.59 Å². The number of nitrogens with zero attached hydrogens (tertiary/aromatic N) is 2. The van der Waals surface area contributed by atoms with Crippen molar-refractivity contribution in [3.05, 3.63) is 22.4 Å². The Morgan fingerprint density at radius 1 is 1.42 bits per heavy atom. The Kier molecular flexibility index (Phi) is 4.62. The third kappa shape index (κ3) is 3.17. The van der Waals surface area contributed by atoms with E-state index >= 15 is 0 Å². The van der Waals surface area contributed by atoms with E-state index in [2.05, 4.69) is 11.4 Å². The SMILES string of the molecule is CC1(C)NC(=O)N(CCCC(=O)N2CCC[C@@H]2c2cccs2)C1=O. The number of carbonyl (C=O) groups is 3. The van der Waals surface area contributed by atoms with Gasteiger partial charge in [0.15, 0.2) is 0 Å². The number of nitrogens with one attached hydrogen (secondary N) is 1. The quantitative estimate of drug-likeness (QED) is 0.831. The fourth-order valence-corrected chi connectivity index (χ4v) is 4.27. The van der Waals surface area contributed by atoms with Gasteiger partial charge in [0.25, 0.3) is 5.91 Å². The van der Waals surface area contributed by atoms with Crippen molar-refractivity contribution in [2.45, 2.75) is 51.1 Å². The molecule has 130 valence electrons. The Morgan fingerprint density at radius 2 is 2.21 bits per heavy atom. The molecule has 3 heterocycles. The van der Waals surface area contributed by atoms with E-state index in [0.29, 0.717) is 12.8 Å². The minimum Gasteiger partial charge on any atom is -0.335 e. The Hall–Kier alpha value is -1.89. The molecule has 4 amide bonds. The minimum atomic E-state index is -0.847. The van der Waals surface area contributed by atoms with Gasteiger partial charge in [-0.15, -0.1) is 11.3 Å². The zero-order chi connectivity index (χ0) is 17.3. The third-order valence-corrected chi connectivity index (χ3v) is 5.64. The number of amides is 4. The zero-order valence-electron chi connectivity index (χ0n) is 14.1. The zero-order valence-corrected chi connectivity index (χ0v) is 14.9. The molecule has 0 unspecified atom stereocenters. The summed E-state index contributed by atoms with van der Waals surface area (Å²) in [5.41, 5.74) is -0.847. The van der Waals surface area contributed by atoms with Crippen LogP contribution in [0.25, 0.3) is 0 Å². The van der Waals surface area contributed by atoms with Crippen LogP contribution in [0.5, 0.6) is 0 Å². The fourth-order valence-electron chi connectivity index (χ4n) is 3.39. The molecule has 0 spiro atoms. The van der Waals surface area contributed by atoms with Crippen molar-refractivity contribution in [2.24, 2.45) is 0 Å². The summed E-state index contributed by atoms with van der Waals surface area (Å²) >= 11 is 1.69. The summed E-state index contributed by atoms with van der Waals surface area (Å²) in [6, 6.07) is 3.92. The Bertz CT molecular complexity index is 642. The number of hydrogen-bond acceptors (Lipinski definition) is 4. The molecule has 0 aromatic carbocycles. The van der Waals surface area contributed by atoms with Crippen LogP contribution in [-0.4, -0.2) is 46.3 Å². The van der Waals surface area contributed by atoms with Crippen molar-refractivity contribution in [3.63, 3.8) is 0 Å². The summed E-state index contributed by atoms with van der Waals surface area (Å²) in [4.78, 5) is 40.9. The lowest BCUT2D eigenvalue weighted by Gasteiger charge is -2.24. The van der Waals surface area contributed by atoms with Gasteiger partial charge in [0.05, 0.1) is 6.04 Å². The standard InChI is InChI=1S/C17H23N3O3S/c1-17(2)15(22)20(16(23)18-17)10-4-8-14(21)19-9-3-6-12(19)13-7-5-11-24-13/h5,7,11-12H,3-4,6,8-10H2,1-2H3,(H,18,23)/t12-/m1/s1. The van der Waals surface area contributed by atoms with Gasteiger partial charge in [-0.25, -0.2) is 4.79 Å². The molecular formula is C17H23N3O3S. The van der Waals surface area contributed by atoms with E-state index in [4.69, 9.17) is 0 Å². The summed E-state index contributed by atoms with van der Waals surface area (Å²) in [6.45, 7) is 4.46. The monoisotopic (exact) mass is 349 g/mol. The van der Waals surface area contributed by atoms with E-state index in [9.17, 15) is 14.4 Å². The molecule has 1 atom stereocenters. The topological polar surface area (TPSA) is 69.7 Å². The smallest absolute Gasteiger partial charge is 0.325 e. The molecule has 1 aromatic heterocycles. The first kappa shape index (κ1) is 17.0. The highest BCUT2D eigenvalue weighted by Gasteiger charge is 2.43. The van der Waals surface area contributed by atoms with E-state index in [1.807, 2.05) is 16.3 Å². The Morgan fingerprint density at radius 3 is 2.83 bits per heavy atom. The third-order valence-electron chi connectivity index (χ3n) is 4.66. The molecule has 1 N–H and O–H groups in total. The van der Waals surface area contributed by atoms with Crippen LogP contribution >= 0.6 is 11.3 Å². The van der Waals surface area contributed by atoms with Crippen LogP contribution in [0.1, 0.15) is 50.4 Å². The van der Waals surface area contributed by atoms with E-state index in [1.54, 1.807) is 25.2 Å². The van der Waals surface area contributed by atoms with Crippen LogP contribution in [0.15, 0.2) is 17.5 Å². The molecule has 3 rings (SSSR count). The van der Waals surface area contributed by atoms with Gasteiger partial charge < -0.3 is 10.2 Å². The molecule has 6 nitrogen and oxygen atoms in total. The van der Waals surface area contributed by atoms with Crippen LogP contribution in [0.4, 0.5) is 4.79 Å². The number of rotatable bonds is 5. The molecule has 24 heavy (non-hydrogen) atoms. The van der Waals surface area contributed by atoms with Gasteiger partial charge in [-0.2, -0.15) is 0 Å². The van der Waals surface area contributed by atoms with Crippen LogP contribution in [0.2, 0.25) is 0 Å². The number of urea groups is 1. The summed E-state index contributed by atoms with van der Waals surface area (Å²) in [5.74, 6) is -0.116. The lowest BCUT2D eigenvalue weighted by molar-refractivity contribution is -0.133. The first-order valence-electron chi connectivity index (χ1n) is 8.37. The van der Waals surface area contributed by atoms with Crippen LogP contribution in [0, 0.1) is 0 Å². The fraction of sp³-hybridized carbons (Fsp3) is 0.588. The number of likely N-dealkylation sites (tertiary alicyclic amines) is 1. The molecule has 2 saturated heterocycles. The van der Waals surface area contributed by atoms with Crippen LogP contribution < -0.4 is 5.32 Å². The largest absolute Gasteiger partial charge is 0.335 e. The van der Waals surface area contributed by atoms with Crippen molar-refractivity contribution >= 4 is 29.2 Å². The maximum atomic E-state index is 12.5. The maximum absolute atomic E-state index is 12.5. The van der Waals surface area contributed by atoms with Gasteiger partial charge in [0, 0.05) is 24.4 Å². The van der Waals surface area contributed by atoms with Gasteiger partial charge in [0.2, 0.25) is 5.91 Å². The van der Waals surface area contributed by atoms with Crippen molar-refractivity contribution in [2.75, 3.05) is 13.1 Å². The molecule has 7 heteroatoms. The average Bonchev–Trinajstić information content (AvgIpc) is 3.22. The number of carbonyl (C=O) groups excluding carboxylic acids is 3. The molecule has 2 fully saturated rings. The molecule has 2 aliphatic heterocycles. The van der Waals surface area contributed by atoms with Gasteiger partial charge in [-0.3, -0.25) is 14.5 Å². The van der Waals surface area contributed by atoms with Crippen LogP contribution in [0.3, 0.4) is 0 Å². The van der Waals surface area contributed by atoms with Gasteiger partial charge in [0.1, 0.15) is 5.54 Å². The number of imide groups is 1. The predicted molar refractivity (Wildman–Crippen MR) is 91.6 cm³/mol. The summed E-state index contributed by atoms with van der Waals surface area (Å²) < 4.78 is 0. The maximum Gasteiger partial charge on any atom is 0.325 e. The summed E-state index contributed by atoms with van der Waals surface area (Å²) in [6.07, 6.45) is 2.89.